The van der Waals surface area contributed by atoms with Crippen molar-refractivity contribution in [2.75, 3.05) is 0 Å². The molecular formula is C36H22N2S. The van der Waals surface area contributed by atoms with Crippen LogP contribution < -0.4 is 0 Å². The lowest BCUT2D eigenvalue weighted by atomic mass is 9.99. The van der Waals surface area contributed by atoms with Gasteiger partial charge >= 0.3 is 0 Å². The number of rotatable bonds is 3. The molecule has 0 N–H and O–H groups in total. The van der Waals surface area contributed by atoms with Crippen molar-refractivity contribution in [1.82, 2.24) is 9.97 Å². The first-order valence-electron chi connectivity index (χ1n) is 13.1. The summed E-state index contributed by atoms with van der Waals surface area (Å²) in [6.45, 7) is 0. The molecular weight excluding hydrogens is 492 g/mol. The summed E-state index contributed by atoms with van der Waals surface area (Å²) in [6.07, 6.45) is 0. The Kier molecular flexibility index (Phi) is 5.04. The van der Waals surface area contributed by atoms with Crippen molar-refractivity contribution in [3.8, 4) is 33.6 Å². The van der Waals surface area contributed by atoms with Crippen LogP contribution in [0, 0.1) is 0 Å². The number of fused-ring (bicyclic) bond motifs is 6. The molecule has 0 fully saturated rings. The van der Waals surface area contributed by atoms with Crippen LogP contribution in [0.5, 0.6) is 0 Å². The van der Waals surface area contributed by atoms with Gasteiger partial charge in [0, 0.05) is 42.1 Å². The minimum absolute atomic E-state index is 0.930. The highest BCUT2D eigenvalue weighted by molar-refractivity contribution is 7.25. The van der Waals surface area contributed by atoms with Gasteiger partial charge in [-0.25, -0.2) is 9.97 Å². The first-order chi connectivity index (χ1) is 19.3. The monoisotopic (exact) mass is 514 g/mol. The Morgan fingerprint density at radius 1 is 0.385 bits per heavy atom. The third-order valence-corrected chi connectivity index (χ3v) is 8.61. The number of aromatic nitrogens is 2. The lowest BCUT2D eigenvalue weighted by Gasteiger charge is -2.09. The van der Waals surface area contributed by atoms with E-state index in [9.17, 15) is 0 Å². The predicted octanol–water partition coefficient (Wildman–Crippen LogP) is 10.2. The Labute approximate surface area is 229 Å². The Morgan fingerprint density at radius 3 is 1.77 bits per heavy atom. The van der Waals surface area contributed by atoms with Gasteiger partial charge in [-0.15, -0.1) is 11.3 Å². The molecule has 3 heterocycles. The molecule has 0 saturated carbocycles. The SMILES string of the molecule is c1ccc(-c2ccc3ccc4ccc(-c5cccc(-c6ccc7sc8ccccc8c7c6)c5)nc4c3n2)cc1. The van der Waals surface area contributed by atoms with Crippen LogP contribution in [0.15, 0.2) is 133 Å². The summed E-state index contributed by atoms with van der Waals surface area (Å²) < 4.78 is 2.65. The van der Waals surface area contributed by atoms with Gasteiger partial charge in [0.25, 0.3) is 0 Å². The summed E-state index contributed by atoms with van der Waals surface area (Å²) in [6, 6.07) is 47.2. The highest BCUT2D eigenvalue weighted by Crippen LogP contribution is 2.37. The summed E-state index contributed by atoms with van der Waals surface area (Å²) in [5, 5.41) is 4.82. The van der Waals surface area contributed by atoms with Crippen LogP contribution in [0.3, 0.4) is 0 Å². The summed E-state index contributed by atoms with van der Waals surface area (Å²) in [4.78, 5) is 10.2. The van der Waals surface area contributed by atoms with Gasteiger partial charge in [0.2, 0.25) is 0 Å². The van der Waals surface area contributed by atoms with E-state index in [0.29, 0.717) is 0 Å². The molecule has 3 aromatic heterocycles. The third kappa shape index (κ3) is 3.79. The molecule has 2 nitrogen and oxygen atoms in total. The van der Waals surface area contributed by atoms with Gasteiger partial charge in [-0.05, 0) is 47.5 Å². The Hall–Kier alpha value is -4.86. The summed E-state index contributed by atoms with van der Waals surface area (Å²) in [5.74, 6) is 0. The number of hydrogen-bond donors (Lipinski definition) is 0. The number of hydrogen-bond acceptors (Lipinski definition) is 3. The van der Waals surface area contributed by atoms with Crippen molar-refractivity contribution < 1.29 is 0 Å². The van der Waals surface area contributed by atoms with Crippen molar-refractivity contribution in [3.63, 3.8) is 0 Å². The van der Waals surface area contributed by atoms with E-state index in [-0.39, 0.29) is 0 Å². The van der Waals surface area contributed by atoms with E-state index in [2.05, 4.69) is 115 Å². The van der Waals surface area contributed by atoms with Crippen molar-refractivity contribution in [2.45, 2.75) is 0 Å². The Bertz CT molecular complexity index is 2180. The summed E-state index contributed by atoms with van der Waals surface area (Å²) in [7, 11) is 0. The van der Waals surface area contributed by atoms with Crippen LogP contribution in [0.1, 0.15) is 0 Å². The minimum atomic E-state index is 0.930. The van der Waals surface area contributed by atoms with Crippen LogP contribution >= 0.6 is 11.3 Å². The summed E-state index contributed by atoms with van der Waals surface area (Å²) >= 11 is 1.85. The van der Waals surface area contributed by atoms with E-state index in [1.807, 2.05) is 29.5 Å². The van der Waals surface area contributed by atoms with Crippen LogP contribution in [-0.4, -0.2) is 9.97 Å². The quantitative estimate of drug-likeness (QED) is 0.219. The second-order valence-corrected chi connectivity index (χ2v) is 10.9. The molecule has 0 spiro atoms. The maximum absolute atomic E-state index is 5.16. The average Bonchev–Trinajstić information content (AvgIpc) is 3.39. The molecule has 39 heavy (non-hydrogen) atoms. The van der Waals surface area contributed by atoms with Gasteiger partial charge in [-0.3, -0.25) is 0 Å². The molecule has 0 aliphatic heterocycles. The lowest BCUT2D eigenvalue weighted by Crippen LogP contribution is -1.91. The molecule has 0 aliphatic carbocycles. The van der Waals surface area contributed by atoms with E-state index in [1.165, 1.54) is 31.3 Å². The van der Waals surface area contributed by atoms with Crippen molar-refractivity contribution in [2.24, 2.45) is 0 Å². The van der Waals surface area contributed by atoms with Crippen molar-refractivity contribution in [3.05, 3.63) is 133 Å². The number of pyridine rings is 2. The van der Waals surface area contributed by atoms with E-state index in [4.69, 9.17) is 9.97 Å². The fraction of sp³-hybridized carbons (Fsp3) is 0. The van der Waals surface area contributed by atoms with E-state index in [0.717, 1.165) is 44.3 Å². The van der Waals surface area contributed by atoms with E-state index < -0.39 is 0 Å². The third-order valence-electron chi connectivity index (χ3n) is 7.46. The first kappa shape index (κ1) is 22.2. The molecule has 182 valence electrons. The normalized spacial score (nSPS) is 11.6. The molecule has 0 unspecified atom stereocenters. The largest absolute Gasteiger partial charge is 0.245 e. The van der Waals surface area contributed by atoms with Crippen LogP contribution in [0.2, 0.25) is 0 Å². The zero-order valence-electron chi connectivity index (χ0n) is 21.0. The zero-order valence-corrected chi connectivity index (χ0v) is 21.8. The molecule has 8 rings (SSSR count). The van der Waals surface area contributed by atoms with E-state index >= 15 is 0 Å². The van der Waals surface area contributed by atoms with E-state index in [1.54, 1.807) is 0 Å². The number of benzene rings is 5. The summed E-state index contributed by atoms with van der Waals surface area (Å²) in [5.41, 5.74) is 8.38. The van der Waals surface area contributed by atoms with Gasteiger partial charge < -0.3 is 0 Å². The highest BCUT2D eigenvalue weighted by Gasteiger charge is 2.11. The van der Waals surface area contributed by atoms with Crippen molar-refractivity contribution >= 4 is 53.3 Å². The van der Waals surface area contributed by atoms with Gasteiger partial charge in [0.05, 0.1) is 22.4 Å². The molecule has 0 saturated heterocycles. The Balaban J connectivity index is 1.25. The zero-order chi connectivity index (χ0) is 25.8. The Morgan fingerprint density at radius 2 is 0.974 bits per heavy atom. The molecule has 0 radical (unpaired) electrons. The van der Waals surface area contributed by atoms with Gasteiger partial charge in [-0.1, -0.05) is 97.1 Å². The molecule has 8 aromatic rings. The fourth-order valence-corrected chi connectivity index (χ4v) is 6.55. The topological polar surface area (TPSA) is 25.8 Å². The molecule has 0 atom stereocenters. The molecule has 0 bridgehead atoms. The second kappa shape index (κ2) is 8.87. The molecule has 0 aliphatic rings. The number of nitrogens with zero attached hydrogens (tertiary/aromatic N) is 2. The van der Waals surface area contributed by atoms with Crippen LogP contribution in [0.4, 0.5) is 0 Å². The first-order valence-corrected chi connectivity index (χ1v) is 13.9. The number of thiophene rings is 1. The van der Waals surface area contributed by atoms with Gasteiger partial charge in [-0.2, -0.15) is 0 Å². The average molecular weight is 515 g/mol. The second-order valence-electron chi connectivity index (χ2n) is 9.86. The standard InChI is InChI=1S/C36H22N2S/c1-2-7-23(8-3-1)31-18-15-24-13-14-25-16-19-32(38-36(25)35(24)37-31)28-10-6-9-26(21-28)27-17-20-34-30(22-27)29-11-4-5-12-33(29)39-34/h1-22H. The van der Waals surface area contributed by atoms with Gasteiger partial charge in [0.15, 0.2) is 0 Å². The lowest BCUT2D eigenvalue weighted by molar-refractivity contribution is 1.36. The van der Waals surface area contributed by atoms with Crippen LogP contribution in [-0.2, 0) is 0 Å². The maximum atomic E-state index is 5.16. The molecule has 0 amide bonds. The highest BCUT2D eigenvalue weighted by atomic mass is 32.1. The molecule has 3 heteroatoms. The fourth-order valence-electron chi connectivity index (χ4n) is 5.46. The molecule has 5 aromatic carbocycles. The maximum Gasteiger partial charge on any atom is 0.0972 e. The van der Waals surface area contributed by atoms with Crippen LogP contribution in [0.25, 0.3) is 75.6 Å². The van der Waals surface area contributed by atoms with Crippen molar-refractivity contribution in [1.29, 1.82) is 0 Å². The predicted molar refractivity (Wildman–Crippen MR) is 166 cm³/mol. The van der Waals surface area contributed by atoms with Gasteiger partial charge in [0.1, 0.15) is 0 Å². The smallest absolute Gasteiger partial charge is 0.0972 e. The minimum Gasteiger partial charge on any atom is -0.245 e.